The number of fused-ring (bicyclic) bond motifs is 1. The number of hydrogen-bond acceptors (Lipinski definition) is 0. The van der Waals surface area contributed by atoms with Gasteiger partial charge in [0.2, 0.25) is 0 Å². The van der Waals surface area contributed by atoms with Crippen LogP contribution in [0.4, 0.5) is 0 Å². The maximum absolute atomic E-state index is 4.18. The Labute approximate surface area is 261 Å². The molecule has 0 saturated heterocycles. The summed E-state index contributed by atoms with van der Waals surface area (Å²) in [5.74, 6) is 0. The molecule has 6 rings (SSSR count). The minimum Gasteiger partial charge on any atom is -0.0990 e. The Kier molecular flexibility index (Phi) is 8.34. The Morgan fingerprint density at radius 1 is 0.432 bits per heavy atom. The third-order valence-electron chi connectivity index (χ3n) is 8.17. The first-order valence-electron chi connectivity index (χ1n) is 15.1. The lowest BCUT2D eigenvalue weighted by molar-refractivity contribution is 1.44. The van der Waals surface area contributed by atoms with Crippen molar-refractivity contribution in [2.45, 2.75) is 13.8 Å². The molecular weight excluding hydrogens is 528 g/mol. The Hall–Kier alpha value is -5.46. The maximum Gasteiger partial charge on any atom is -0.000787 e. The molecule has 0 heterocycles. The lowest BCUT2D eigenvalue weighted by atomic mass is 9.76. The van der Waals surface area contributed by atoms with E-state index in [2.05, 4.69) is 173 Å². The second-order valence-corrected chi connectivity index (χ2v) is 11.1. The van der Waals surface area contributed by atoms with Crippen LogP contribution in [0, 0.1) is 13.8 Å². The number of benzene rings is 6. The average Bonchev–Trinajstić information content (AvgIpc) is 3.07. The molecule has 6 aromatic carbocycles. The predicted octanol–water partition coefficient (Wildman–Crippen LogP) is 12.0. The second-order valence-electron chi connectivity index (χ2n) is 11.1. The van der Waals surface area contributed by atoms with E-state index in [0.717, 1.165) is 22.3 Å². The Morgan fingerprint density at radius 3 is 1.11 bits per heavy atom. The standard InChI is InChI=1S/C44H36/c1-5-15-37(33-17-9-7-10-18-33)43-41(35-27-23-31(3)24-28-35)39-21-13-14-22-40(39)42(36-29-25-32(4)26-30-36)44(43)38(16-6-2)34-19-11-8-12-20-34/h5-30H,1-2H2,3-4H3/b37-15+,38-16+. The SMILES string of the molecule is C=C/C=C(\c1ccccc1)c1c(/C(=C/C=C)c2ccccc2)c(-c2ccc(C)cc2)c2ccccc2c1-c1ccc(C)cc1. The molecule has 0 nitrogen and oxygen atoms in total. The lowest BCUT2D eigenvalue weighted by Gasteiger charge is -2.27. The van der Waals surface area contributed by atoms with Crippen LogP contribution in [-0.2, 0) is 0 Å². The zero-order valence-corrected chi connectivity index (χ0v) is 25.4. The summed E-state index contributed by atoms with van der Waals surface area (Å²) in [5.41, 5.74) is 14.1. The zero-order valence-electron chi connectivity index (χ0n) is 25.4. The van der Waals surface area contributed by atoms with Crippen molar-refractivity contribution >= 4 is 21.9 Å². The van der Waals surface area contributed by atoms with Crippen LogP contribution in [0.5, 0.6) is 0 Å². The van der Waals surface area contributed by atoms with Crippen LogP contribution < -0.4 is 0 Å². The minimum atomic E-state index is 1.12. The highest BCUT2D eigenvalue weighted by atomic mass is 14.3. The van der Waals surface area contributed by atoms with E-state index < -0.39 is 0 Å². The van der Waals surface area contributed by atoms with Gasteiger partial charge < -0.3 is 0 Å². The van der Waals surface area contributed by atoms with Crippen molar-refractivity contribution in [3.63, 3.8) is 0 Å². The fraction of sp³-hybridized carbons (Fsp3) is 0.0455. The second kappa shape index (κ2) is 12.8. The van der Waals surface area contributed by atoms with Gasteiger partial charge in [-0.15, -0.1) is 0 Å². The minimum absolute atomic E-state index is 1.12. The van der Waals surface area contributed by atoms with Crippen molar-refractivity contribution in [1.82, 2.24) is 0 Å². The summed E-state index contributed by atoms with van der Waals surface area (Å²) in [7, 11) is 0. The van der Waals surface area contributed by atoms with Crippen molar-refractivity contribution in [1.29, 1.82) is 0 Å². The van der Waals surface area contributed by atoms with E-state index in [0.29, 0.717) is 0 Å². The molecule has 44 heavy (non-hydrogen) atoms. The molecule has 0 spiro atoms. The summed E-state index contributed by atoms with van der Waals surface area (Å²) in [6, 6.07) is 48.0. The average molecular weight is 565 g/mol. The first kappa shape index (κ1) is 28.6. The van der Waals surface area contributed by atoms with Gasteiger partial charge in [0.15, 0.2) is 0 Å². The molecule has 0 heteroatoms. The monoisotopic (exact) mass is 564 g/mol. The number of allylic oxidation sites excluding steroid dienone is 4. The van der Waals surface area contributed by atoms with Gasteiger partial charge in [0, 0.05) is 0 Å². The number of rotatable bonds is 8. The summed E-state index contributed by atoms with van der Waals surface area (Å²) in [5, 5.41) is 2.42. The summed E-state index contributed by atoms with van der Waals surface area (Å²) in [6.45, 7) is 12.6. The van der Waals surface area contributed by atoms with Crippen LogP contribution in [0.15, 0.2) is 171 Å². The molecule has 0 unspecified atom stereocenters. The van der Waals surface area contributed by atoms with E-state index in [1.807, 2.05) is 12.2 Å². The zero-order chi connectivity index (χ0) is 30.5. The topological polar surface area (TPSA) is 0 Å². The van der Waals surface area contributed by atoms with Gasteiger partial charge in [-0.25, -0.2) is 0 Å². The van der Waals surface area contributed by atoms with Crippen molar-refractivity contribution in [3.05, 3.63) is 204 Å². The molecule has 0 atom stereocenters. The maximum atomic E-state index is 4.18. The number of hydrogen-bond donors (Lipinski definition) is 0. The first-order valence-corrected chi connectivity index (χ1v) is 15.1. The smallest absolute Gasteiger partial charge is 0.000787 e. The van der Waals surface area contributed by atoms with Gasteiger partial charge >= 0.3 is 0 Å². The Bertz CT molecular complexity index is 1850. The van der Waals surface area contributed by atoms with Gasteiger partial charge in [-0.3, -0.25) is 0 Å². The Morgan fingerprint density at radius 2 is 0.773 bits per heavy atom. The van der Waals surface area contributed by atoms with E-state index in [1.165, 1.54) is 55.3 Å². The van der Waals surface area contributed by atoms with Crippen LogP contribution in [0.25, 0.3) is 44.2 Å². The first-order chi connectivity index (χ1) is 21.6. The van der Waals surface area contributed by atoms with E-state index in [4.69, 9.17) is 0 Å². The van der Waals surface area contributed by atoms with E-state index in [-0.39, 0.29) is 0 Å². The molecule has 0 bridgehead atoms. The molecule has 0 aliphatic carbocycles. The molecule has 0 radical (unpaired) electrons. The van der Waals surface area contributed by atoms with Crippen LogP contribution in [-0.4, -0.2) is 0 Å². The molecule has 0 aliphatic rings. The van der Waals surface area contributed by atoms with Gasteiger partial charge in [0.25, 0.3) is 0 Å². The van der Waals surface area contributed by atoms with Gasteiger partial charge in [0.05, 0.1) is 0 Å². The third kappa shape index (κ3) is 5.51. The normalized spacial score (nSPS) is 11.9. The molecule has 0 fully saturated rings. The highest BCUT2D eigenvalue weighted by Gasteiger charge is 2.26. The summed E-state index contributed by atoms with van der Waals surface area (Å²) >= 11 is 0. The van der Waals surface area contributed by atoms with Crippen LogP contribution in [0.3, 0.4) is 0 Å². The molecule has 0 saturated carbocycles. The molecule has 0 aromatic heterocycles. The Balaban J connectivity index is 1.92. The summed E-state index contributed by atoms with van der Waals surface area (Å²) in [4.78, 5) is 0. The van der Waals surface area contributed by atoms with E-state index in [9.17, 15) is 0 Å². The highest BCUT2D eigenvalue weighted by Crippen LogP contribution is 2.49. The van der Waals surface area contributed by atoms with Crippen LogP contribution in [0.1, 0.15) is 33.4 Å². The van der Waals surface area contributed by atoms with Gasteiger partial charge in [-0.1, -0.05) is 182 Å². The molecule has 0 amide bonds. The van der Waals surface area contributed by atoms with Crippen LogP contribution >= 0.6 is 0 Å². The van der Waals surface area contributed by atoms with E-state index >= 15 is 0 Å². The van der Waals surface area contributed by atoms with Gasteiger partial charge in [-0.05, 0) is 80.3 Å². The quantitative estimate of drug-likeness (QED) is 0.161. The largest absolute Gasteiger partial charge is 0.0990 e. The molecule has 6 aromatic rings. The van der Waals surface area contributed by atoms with E-state index in [1.54, 1.807) is 0 Å². The van der Waals surface area contributed by atoms with Crippen molar-refractivity contribution in [2.75, 3.05) is 0 Å². The molecule has 0 N–H and O–H groups in total. The van der Waals surface area contributed by atoms with Crippen molar-refractivity contribution in [3.8, 4) is 22.3 Å². The summed E-state index contributed by atoms with van der Waals surface area (Å²) in [6.07, 6.45) is 8.14. The predicted molar refractivity (Wildman–Crippen MR) is 192 cm³/mol. The fourth-order valence-electron chi connectivity index (χ4n) is 6.14. The van der Waals surface area contributed by atoms with Crippen molar-refractivity contribution < 1.29 is 0 Å². The molecule has 212 valence electrons. The van der Waals surface area contributed by atoms with Crippen molar-refractivity contribution in [2.24, 2.45) is 0 Å². The van der Waals surface area contributed by atoms with Gasteiger partial charge in [0.1, 0.15) is 0 Å². The lowest BCUT2D eigenvalue weighted by Crippen LogP contribution is -2.05. The third-order valence-corrected chi connectivity index (χ3v) is 8.17. The number of aryl methyl sites for hydroxylation is 2. The fourth-order valence-corrected chi connectivity index (χ4v) is 6.14. The molecule has 0 aliphatic heterocycles. The van der Waals surface area contributed by atoms with Crippen LogP contribution in [0.2, 0.25) is 0 Å². The van der Waals surface area contributed by atoms with Gasteiger partial charge in [-0.2, -0.15) is 0 Å². The highest BCUT2D eigenvalue weighted by molar-refractivity contribution is 6.16. The molecular formula is C44H36. The summed E-state index contributed by atoms with van der Waals surface area (Å²) < 4.78 is 0.